The van der Waals surface area contributed by atoms with Crippen LogP contribution in [0.5, 0.6) is 0 Å². The van der Waals surface area contributed by atoms with Crippen LogP contribution in [0, 0.1) is 0 Å². The van der Waals surface area contributed by atoms with Crippen LogP contribution in [-0.2, 0) is 14.3 Å². The van der Waals surface area contributed by atoms with E-state index in [2.05, 4.69) is 4.74 Å². The van der Waals surface area contributed by atoms with Gasteiger partial charge in [-0.2, -0.15) is 0 Å². The predicted molar refractivity (Wildman–Crippen MR) is 35.6 cm³/mol. The van der Waals surface area contributed by atoms with E-state index in [1.54, 1.807) is 0 Å². The average molecular weight is 144 g/mol. The van der Waals surface area contributed by atoms with Crippen molar-refractivity contribution in [1.82, 2.24) is 0 Å². The molecule has 0 bridgehead atoms. The van der Waals surface area contributed by atoms with E-state index < -0.39 is 0 Å². The van der Waals surface area contributed by atoms with Crippen LogP contribution in [0.15, 0.2) is 0 Å². The van der Waals surface area contributed by atoms with Crippen molar-refractivity contribution < 1.29 is 14.3 Å². The molecule has 0 saturated carbocycles. The Morgan fingerprint density at radius 3 is 2.70 bits per heavy atom. The van der Waals surface area contributed by atoms with E-state index in [0.717, 1.165) is 6.42 Å². The summed E-state index contributed by atoms with van der Waals surface area (Å²) in [6.45, 7) is 2.04. The summed E-state index contributed by atoms with van der Waals surface area (Å²) < 4.78 is 9.61. The number of hydrogen-bond acceptors (Lipinski definition) is 3. The van der Waals surface area contributed by atoms with Gasteiger partial charge in [0.15, 0.2) is 0 Å². The quantitative estimate of drug-likeness (QED) is 0.433. The highest BCUT2D eigenvalue weighted by Crippen LogP contribution is 2.27. The van der Waals surface area contributed by atoms with E-state index >= 15 is 0 Å². The first kappa shape index (κ1) is 7.54. The van der Waals surface area contributed by atoms with Gasteiger partial charge in [0.1, 0.15) is 0 Å². The van der Waals surface area contributed by atoms with Crippen molar-refractivity contribution >= 4 is 5.97 Å². The van der Waals surface area contributed by atoms with E-state index in [-0.39, 0.29) is 12.1 Å². The topological polar surface area (TPSA) is 38.8 Å². The van der Waals surface area contributed by atoms with E-state index in [0.29, 0.717) is 12.5 Å². The van der Waals surface area contributed by atoms with Crippen molar-refractivity contribution in [3.63, 3.8) is 0 Å². The SMILES string of the molecule is CC[C@@H]1O[C@H]1CC(=O)OC. The van der Waals surface area contributed by atoms with Gasteiger partial charge in [0.2, 0.25) is 0 Å². The van der Waals surface area contributed by atoms with Crippen LogP contribution < -0.4 is 0 Å². The van der Waals surface area contributed by atoms with E-state index in [1.807, 2.05) is 6.92 Å². The van der Waals surface area contributed by atoms with Crippen molar-refractivity contribution in [3.8, 4) is 0 Å². The lowest BCUT2D eigenvalue weighted by molar-refractivity contribution is -0.140. The third kappa shape index (κ3) is 1.70. The fraction of sp³-hybridized carbons (Fsp3) is 0.857. The van der Waals surface area contributed by atoms with Crippen LogP contribution >= 0.6 is 0 Å². The lowest BCUT2D eigenvalue weighted by Gasteiger charge is -1.92. The molecule has 1 saturated heterocycles. The highest BCUT2D eigenvalue weighted by atomic mass is 16.6. The van der Waals surface area contributed by atoms with Gasteiger partial charge in [-0.15, -0.1) is 0 Å². The van der Waals surface area contributed by atoms with Crippen molar-refractivity contribution in [3.05, 3.63) is 0 Å². The lowest BCUT2D eigenvalue weighted by Crippen LogP contribution is -2.05. The second-order valence-corrected chi connectivity index (χ2v) is 2.40. The Bertz CT molecular complexity index is 133. The molecule has 0 aromatic heterocycles. The maximum absolute atomic E-state index is 10.6. The summed E-state index contributed by atoms with van der Waals surface area (Å²) >= 11 is 0. The van der Waals surface area contributed by atoms with Gasteiger partial charge in [0.25, 0.3) is 0 Å². The maximum Gasteiger partial charge on any atom is 0.308 e. The van der Waals surface area contributed by atoms with Gasteiger partial charge in [-0.25, -0.2) is 0 Å². The Kier molecular flexibility index (Phi) is 2.27. The average Bonchev–Trinajstić information content (AvgIpc) is 2.67. The van der Waals surface area contributed by atoms with Crippen LogP contribution in [0.2, 0.25) is 0 Å². The second kappa shape index (κ2) is 3.01. The second-order valence-electron chi connectivity index (χ2n) is 2.40. The molecule has 2 atom stereocenters. The minimum absolute atomic E-state index is 0.137. The minimum atomic E-state index is -0.180. The summed E-state index contributed by atoms with van der Waals surface area (Å²) in [5, 5.41) is 0. The van der Waals surface area contributed by atoms with Crippen LogP contribution in [-0.4, -0.2) is 25.3 Å². The zero-order chi connectivity index (χ0) is 7.56. The lowest BCUT2D eigenvalue weighted by atomic mass is 10.2. The van der Waals surface area contributed by atoms with Gasteiger partial charge in [0, 0.05) is 0 Å². The summed E-state index contributed by atoms with van der Waals surface area (Å²) in [5.41, 5.74) is 0. The number of ether oxygens (including phenoxy) is 2. The molecule has 0 N–H and O–H groups in total. The maximum atomic E-state index is 10.6. The van der Waals surface area contributed by atoms with Gasteiger partial charge in [-0.3, -0.25) is 4.79 Å². The van der Waals surface area contributed by atoms with Gasteiger partial charge in [-0.1, -0.05) is 6.92 Å². The Hall–Kier alpha value is -0.570. The van der Waals surface area contributed by atoms with Crippen molar-refractivity contribution in [1.29, 1.82) is 0 Å². The number of methoxy groups -OCH3 is 1. The first-order valence-electron chi connectivity index (χ1n) is 3.50. The number of carbonyl (C=O) groups is 1. The molecule has 1 aliphatic heterocycles. The molecule has 1 rings (SSSR count). The van der Waals surface area contributed by atoms with Crippen molar-refractivity contribution in [2.75, 3.05) is 7.11 Å². The normalized spacial score (nSPS) is 29.8. The molecule has 1 fully saturated rings. The Morgan fingerprint density at radius 2 is 2.30 bits per heavy atom. The van der Waals surface area contributed by atoms with E-state index in [4.69, 9.17) is 4.74 Å². The molecule has 0 unspecified atom stereocenters. The first-order valence-corrected chi connectivity index (χ1v) is 3.50. The third-order valence-corrected chi connectivity index (χ3v) is 1.69. The fourth-order valence-electron chi connectivity index (χ4n) is 0.965. The summed E-state index contributed by atoms with van der Waals surface area (Å²) in [5.74, 6) is -0.180. The molecular formula is C7H12O3. The van der Waals surface area contributed by atoms with Crippen LogP contribution in [0.25, 0.3) is 0 Å². The van der Waals surface area contributed by atoms with Gasteiger partial charge in [-0.05, 0) is 6.42 Å². The van der Waals surface area contributed by atoms with Crippen molar-refractivity contribution in [2.45, 2.75) is 32.0 Å². The molecule has 1 aliphatic rings. The molecule has 0 aromatic carbocycles. The number of carbonyl (C=O) groups excluding carboxylic acids is 1. The molecule has 1 heterocycles. The summed E-state index contributed by atoms with van der Waals surface area (Å²) in [7, 11) is 1.39. The molecule has 3 nitrogen and oxygen atoms in total. The number of esters is 1. The Balaban J connectivity index is 2.11. The molecule has 0 radical (unpaired) electrons. The Morgan fingerprint density at radius 1 is 1.60 bits per heavy atom. The monoisotopic (exact) mass is 144 g/mol. The van der Waals surface area contributed by atoms with Crippen molar-refractivity contribution in [2.24, 2.45) is 0 Å². The summed E-state index contributed by atoms with van der Waals surface area (Å²) in [6, 6.07) is 0. The smallest absolute Gasteiger partial charge is 0.308 e. The molecule has 0 spiro atoms. The summed E-state index contributed by atoms with van der Waals surface area (Å²) in [4.78, 5) is 10.6. The molecular weight excluding hydrogens is 132 g/mol. The number of hydrogen-bond donors (Lipinski definition) is 0. The van der Waals surface area contributed by atoms with Crippen LogP contribution in [0.1, 0.15) is 19.8 Å². The van der Waals surface area contributed by atoms with Gasteiger partial charge >= 0.3 is 5.97 Å². The summed E-state index contributed by atoms with van der Waals surface area (Å²) in [6.07, 6.45) is 1.84. The Labute approximate surface area is 60.3 Å². The molecule has 0 aliphatic carbocycles. The largest absolute Gasteiger partial charge is 0.469 e. The van der Waals surface area contributed by atoms with Gasteiger partial charge < -0.3 is 9.47 Å². The number of epoxide rings is 1. The van der Waals surface area contributed by atoms with Gasteiger partial charge in [0.05, 0.1) is 25.7 Å². The molecule has 10 heavy (non-hydrogen) atoms. The first-order chi connectivity index (χ1) is 4.77. The van der Waals surface area contributed by atoms with Crippen LogP contribution in [0.4, 0.5) is 0 Å². The predicted octanol–water partition coefficient (Wildman–Crippen LogP) is 0.727. The zero-order valence-corrected chi connectivity index (χ0v) is 6.29. The highest BCUT2D eigenvalue weighted by Gasteiger charge is 2.38. The highest BCUT2D eigenvalue weighted by molar-refractivity contribution is 5.70. The molecule has 58 valence electrons. The number of rotatable bonds is 3. The minimum Gasteiger partial charge on any atom is -0.469 e. The third-order valence-electron chi connectivity index (χ3n) is 1.69. The van der Waals surface area contributed by atoms with E-state index in [1.165, 1.54) is 7.11 Å². The molecule has 0 amide bonds. The molecule has 0 aromatic rings. The fourth-order valence-corrected chi connectivity index (χ4v) is 0.965. The molecule has 3 heteroatoms. The van der Waals surface area contributed by atoms with Crippen LogP contribution in [0.3, 0.4) is 0 Å². The standard InChI is InChI=1S/C7H12O3/c1-3-5-6(10-5)4-7(8)9-2/h5-6H,3-4H2,1-2H3/t5-,6-/m0/s1. The van der Waals surface area contributed by atoms with E-state index in [9.17, 15) is 4.79 Å². The zero-order valence-electron chi connectivity index (χ0n) is 6.29.